The first-order chi connectivity index (χ1) is 8.20. The van der Waals surface area contributed by atoms with Gasteiger partial charge < -0.3 is 4.74 Å². The maximum Gasteiger partial charge on any atom is 0.316 e. The van der Waals surface area contributed by atoms with Crippen molar-refractivity contribution in [1.82, 2.24) is 0 Å². The maximum absolute atomic E-state index is 12.1. The molecule has 0 heterocycles. The van der Waals surface area contributed by atoms with Crippen molar-refractivity contribution in [3.05, 3.63) is 0 Å². The number of carbonyl (C=O) groups is 2. The molecule has 0 aromatic heterocycles. The largest absolute Gasteiger partial charge is 0.468 e. The van der Waals surface area contributed by atoms with Gasteiger partial charge >= 0.3 is 5.97 Å². The van der Waals surface area contributed by atoms with Crippen molar-refractivity contribution >= 4 is 11.8 Å². The molecule has 1 atom stereocenters. The SMILES string of the molecule is CCCC(=O)C(C(=O)OC)C1CCCCCC1. The lowest BCUT2D eigenvalue weighted by molar-refractivity contribution is -0.152. The zero-order valence-corrected chi connectivity index (χ0v) is 11.0. The van der Waals surface area contributed by atoms with Crippen LogP contribution in [0.15, 0.2) is 0 Å². The quantitative estimate of drug-likeness (QED) is 0.421. The summed E-state index contributed by atoms with van der Waals surface area (Å²) in [6.45, 7) is 1.97. The van der Waals surface area contributed by atoms with Crippen LogP contribution in [0.4, 0.5) is 0 Å². The number of rotatable bonds is 5. The Bertz CT molecular complexity index is 252. The summed E-state index contributed by atoms with van der Waals surface area (Å²) in [4.78, 5) is 23.9. The molecule has 17 heavy (non-hydrogen) atoms. The van der Waals surface area contributed by atoms with Crippen LogP contribution in [0.1, 0.15) is 58.3 Å². The minimum Gasteiger partial charge on any atom is -0.468 e. The number of Topliss-reactive ketones (excluding diaryl/α,β-unsaturated/α-hetero) is 1. The summed E-state index contributed by atoms with van der Waals surface area (Å²) in [7, 11) is 1.38. The van der Waals surface area contributed by atoms with E-state index in [-0.39, 0.29) is 17.7 Å². The van der Waals surface area contributed by atoms with Crippen LogP contribution in [-0.4, -0.2) is 18.9 Å². The molecule has 0 amide bonds. The highest BCUT2D eigenvalue weighted by Crippen LogP contribution is 2.31. The molecule has 1 saturated carbocycles. The van der Waals surface area contributed by atoms with Crippen LogP contribution < -0.4 is 0 Å². The highest BCUT2D eigenvalue weighted by atomic mass is 16.5. The van der Waals surface area contributed by atoms with Gasteiger partial charge in [0, 0.05) is 6.42 Å². The van der Waals surface area contributed by atoms with Crippen LogP contribution in [0.3, 0.4) is 0 Å². The van der Waals surface area contributed by atoms with Gasteiger partial charge in [-0.05, 0) is 25.2 Å². The van der Waals surface area contributed by atoms with E-state index in [0.29, 0.717) is 6.42 Å². The van der Waals surface area contributed by atoms with Crippen molar-refractivity contribution in [2.75, 3.05) is 7.11 Å². The van der Waals surface area contributed by atoms with Crippen LogP contribution in [0, 0.1) is 11.8 Å². The van der Waals surface area contributed by atoms with E-state index in [1.54, 1.807) is 0 Å². The first-order valence-electron chi connectivity index (χ1n) is 6.81. The Morgan fingerprint density at radius 1 is 1.18 bits per heavy atom. The van der Waals surface area contributed by atoms with Crippen molar-refractivity contribution in [2.24, 2.45) is 11.8 Å². The lowest BCUT2D eigenvalue weighted by Crippen LogP contribution is -2.32. The topological polar surface area (TPSA) is 43.4 Å². The van der Waals surface area contributed by atoms with Crippen molar-refractivity contribution in [2.45, 2.75) is 58.3 Å². The number of carbonyl (C=O) groups excluding carboxylic acids is 2. The fourth-order valence-corrected chi connectivity index (χ4v) is 2.76. The number of methoxy groups -OCH3 is 1. The lowest BCUT2D eigenvalue weighted by Gasteiger charge is -2.22. The summed E-state index contributed by atoms with van der Waals surface area (Å²) in [6, 6.07) is 0. The molecular weight excluding hydrogens is 216 g/mol. The molecule has 1 unspecified atom stereocenters. The molecule has 0 spiro atoms. The third-order valence-corrected chi connectivity index (χ3v) is 3.67. The smallest absolute Gasteiger partial charge is 0.316 e. The van der Waals surface area contributed by atoms with Crippen molar-refractivity contribution in [1.29, 1.82) is 0 Å². The molecule has 0 aromatic rings. The molecular formula is C14H24O3. The Hall–Kier alpha value is -0.860. The minimum absolute atomic E-state index is 0.0752. The van der Waals surface area contributed by atoms with Crippen molar-refractivity contribution < 1.29 is 14.3 Å². The molecule has 0 saturated heterocycles. The van der Waals surface area contributed by atoms with E-state index < -0.39 is 5.92 Å². The van der Waals surface area contributed by atoms with Crippen LogP contribution in [0.25, 0.3) is 0 Å². The van der Waals surface area contributed by atoms with Crippen LogP contribution in [0.2, 0.25) is 0 Å². The molecule has 0 aliphatic heterocycles. The van der Waals surface area contributed by atoms with E-state index in [4.69, 9.17) is 4.74 Å². The van der Waals surface area contributed by atoms with Crippen LogP contribution in [-0.2, 0) is 14.3 Å². The summed E-state index contributed by atoms with van der Waals surface area (Å²) in [5, 5.41) is 0. The Kier molecular flexibility index (Phi) is 6.23. The van der Waals surface area contributed by atoms with E-state index in [1.807, 2.05) is 6.92 Å². The minimum atomic E-state index is -0.502. The van der Waals surface area contributed by atoms with Gasteiger partial charge in [-0.2, -0.15) is 0 Å². The summed E-state index contributed by atoms with van der Waals surface area (Å²) in [6.07, 6.45) is 8.02. The van der Waals surface area contributed by atoms with Gasteiger partial charge in [-0.25, -0.2) is 0 Å². The van der Waals surface area contributed by atoms with Gasteiger partial charge in [0.15, 0.2) is 0 Å². The fraction of sp³-hybridized carbons (Fsp3) is 0.857. The van der Waals surface area contributed by atoms with Crippen molar-refractivity contribution in [3.8, 4) is 0 Å². The molecule has 0 bridgehead atoms. The number of hydrogen-bond donors (Lipinski definition) is 0. The Morgan fingerprint density at radius 2 is 1.76 bits per heavy atom. The zero-order chi connectivity index (χ0) is 12.7. The van der Waals surface area contributed by atoms with Crippen LogP contribution >= 0.6 is 0 Å². The Morgan fingerprint density at radius 3 is 2.24 bits per heavy atom. The predicted molar refractivity (Wildman–Crippen MR) is 66.6 cm³/mol. The third kappa shape index (κ3) is 4.14. The molecule has 1 aliphatic carbocycles. The van der Waals surface area contributed by atoms with Gasteiger partial charge in [-0.1, -0.05) is 32.6 Å². The second-order valence-electron chi connectivity index (χ2n) is 4.97. The summed E-state index contributed by atoms with van der Waals surface area (Å²) >= 11 is 0. The number of hydrogen-bond acceptors (Lipinski definition) is 3. The predicted octanol–water partition coefficient (Wildman–Crippen LogP) is 3.12. The first kappa shape index (κ1) is 14.2. The molecule has 0 N–H and O–H groups in total. The molecule has 3 nitrogen and oxygen atoms in total. The zero-order valence-electron chi connectivity index (χ0n) is 11.0. The Labute approximate surface area is 104 Å². The molecule has 98 valence electrons. The average molecular weight is 240 g/mol. The van der Waals surface area contributed by atoms with E-state index in [2.05, 4.69) is 0 Å². The van der Waals surface area contributed by atoms with Gasteiger partial charge in [0.2, 0.25) is 0 Å². The standard InChI is InChI=1S/C14H24O3/c1-3-8-12(15)13(14(16)17-2)11-9-6-4-5-7-10-11/h11,13H,3-10H2,1-2H3. The molecule has 0 aromatic carbocycles. The van der Waals surface area contributed by atoms with Gasteiger partial charge in [-0.3, -0.25) is 9.59 Å². The third-order valence-electron chi connectivity index (χ3n) is 3.67. The van der Waals surface area contributed by atoms with Crippen molar-refractivity contribution in [3.63, 3.8) is 0 Å². The molecule has 0 radical (unpaired) electrons. The molecule has 1 rings (SSSR count). The molecule has 3 heteroatoms. The molecule has 1 aliphatic rings. The van der Waals surface area contributed by atoms with E-state index in [0.717, 1.165) is 32.1 Å². The van der Waals surface area contributed by atoms with E-state index in [9.17, 15) is 9.59 Å². The number of esters is 1. The summed E-state index contributed by atoms with van der Waals surface area (Å²) in [5.74, 6) is -0.538. The highest BCUT2D eigenvalue weighted by molar-refractivity contribution is 5.99. The van der Waals surface area contributed by atoms with Gasteiger partial charge in [0.05, 0.1) is 7.11 Å². The average Bonchev–Trinajstić information content (AvgIpc) is 2.58. The Balaban J connectivity index is 2.72. The first-order valence-corrected chi connectivity index (χ1v) is 6.81. The van der Waals surface area contributed by atoms with E-state index in [1.165, 1.54) is 20.0 Å². The fourth-order valence-electron chi connectivity index (χ4n) is 2.76. The lowest BCUT2D eigenvalue weighted by atomic mass is 9.82. The maximum atomic E-state index is 12.1. The van der Waals surface area contributed by atoms with Gasteiger partial charge in [0.25, 0.3) is 0 Å². The summed E-state index contributed by atoms with van der Waals surface area (Å²) in [5.41, 5.74) is 0. The normalized spacial score (nSPS) is 19.4. The van der Waals surface area contributed by atoms with E-state index >= 15 is 0 Å². The monoisotopic (exact) mass is 240 g/mol. The molecule has 1 fully saturated rings. The summed E-state index contributed by atoms with van der Waals surface area (Å²) < 4.78 is 4.81. The van der Waals surface area contributed by atoms with Gasteiger partial charge in [-0.15, -0.1) is 0 Å². The number of ketones is 1. The highest BCUT2D eigenvalue weighted by Gasteiger charge is 2.34. The van der Waals surface area contributed by atoms with Crippen LogP contribution in [0.5, 0.6) is 0 Å². The second kappa shape index (κ2) is 7.46. The number of ether oxygens (including phenoxy) is 1. The van der Waals surface area contributed by atoms with Gasteiger partial charge in [0.1, 0.15) is 11.7 Å². The second-order valence-corrected chi connectivity index (χ2v) is 4.97.